The molecule has 0 unspecified atom stereocenters. The van der Waals surface area contributed by atoms with Crippen LogP contribution in [0.2, 0.25) is 0 Å². The van der Waals surface area contributed by atoms with E-state index in [2.05, 4.69) is 27.6 Å². The second-order valence-electron chi connectivity index (χ2n) is 4.91. The second kappa shape index (κ2) is 9.26. The van der Waals surface area contributed by atoms with E-state index in [-0.39, 0.29) is 0 Å². The fourth-order valence-corrected chi connectivity index (χ4v) is 2.84. The van der Waals surface area contributed by atoms with Crippen molar-refractivity contribution in [3.8, 4) is 17.2 Å². The minimum absolute atomic E-state index is 0.404. The summed E-state index contributed by atoms with van der Waals surface area (Å²) in [5.41, 5.74) is 1.58. The van der Waals surface area contributed by atoms with Crippen LogP contribution >= 0.6 is 22.6 Å². The van der Waals surface area contributed by atoms with E-state index in [1.54, 1.807) is 12.3 Å². The van der Waals surface area contributed by atoms with Gasteiger partial charge in [-0.2, -0.15) is 0 Å². The molecular weight excluding hydrogens is 437 g/mol. The highest BCUT2D eigenvalue weighted by Crippen LogP contribution is 2.33. The van der Waals surface area contributed by atoms with Crippen molar-refractivity contribution < 1.29 is 24.1 Å². The molecule has 0 aliphatic carbocycles. The molecular formula is C18H18INO5. The lowest BCUT2D eigenvalue weighted by molar-refractivity contribution is -0.139. The minimum Gasteiger partial charge on any atom is -0.494 e. The Morgan fingerprint density at radius 3 is 2.76 bits per heavy atom. The van der Waals surface area contributed by atoms with Gasteiger partial charge in [0.15, 0.2) is 18.1 Å². The first-order valence-electron chi connectivity index (χ1n) is 7.52. The number of aliphatic carboxylic acids is 1. The summed E-state index contributed by atoms with van der Waals surface area (Å²) in [6.07, 6.45) is 1.71. The van der Waals surface area contributed by atoms with E-state index in [4.69, 9.17) is 19.3 Å². The van der Waals surface area contributed by atoms with Gasteiger partial charge in [0, 0.05) is 12.3 Å². The second-order valence-corrected chi connectivity index (χ2v) is 6.07. The highest BCUT2D eigenvalue weighted by atomic mass is 127. The van der Waals surface area contributed by atoms with Gasteiger partial charge in [0.25, 0.3) is 0 Å². The average molecular weight is 455 g/mol. The fraction of sp³-hybridized carbons (Fsp3) is 0.222. The van der Waals surface area contributed by atoms with Gasteiger partial charge in [0.1, 0.15) is 5.75 Å². The van der Waals surface area contributed by atoms with Gasteiger partial charge in [-0.05, 0) is 59.3 Å². The van der Waals surface area contributed by atoms with Gasteiger partial charge in [-0.25, -0.2) is 4.79 Å². The molecule has 0 radical (unpaired) electrons. The van der Waals surface area contributed by atoms with Crippen LogP contribution in [0.15, 0.2) is 41.4 Å². The maximum Gasteiger partial charge on any atom is 0.341 e. The number of rotatable bonds is 8. The average Bonchev–Trinajstić information content (AvgIpc) is 2.59. The number of halogens is 1. The van der Waals surface area contributed by atoms with Gasteiger partial charge in [0.2, 0.25) is 0 Å². The molecule has 6 nitrogen and oxygen atoms in total. The molecule has 1 N–H and O–H groups in total. The van der Waals surface area contributed by atoms with Crippen molar-refractivity contribution in [1.82, 2.24) is 0 Å². The first-order chi connectivity index (χ1) is 12.0. The summed E-state index contributed by atoms with van der Waals surface area (Å²) >= 11 is 2.07. The Morgan fingerprint density at radius 1 is 1.28 bits per heavy atom. The van der Waals surface area contributed by atoms with Crippen LogP contribution in [0.3, 0.4) is 0 Å². The van der Waals surface area contributed by atoms with Crippen molar-refractivity contribution in [2.75, 3.05) is 20.3 Å². The van der Waals surface area contributed by atoms with Crippen LogP contribution in [0.25, 0.3) is 0 Å². The fourth-order valence-electron chi connectivity index (χ4n) is 2.06. The maximum atomic E-state index is 10.7. The summed E-state index contributed by atoms with van der Waals surface area (Å²) in [7, 11) is 1.51. The summed E-state index contributed by atoms with van der Waals surface area (Å²) < 4.78 is 16.8. The smallest absolute Gasteiger partial charge is 0.341 e. The number of benzene rings is 2. The highest BCUT2D eigenvalue weighted by Gasteiger charge is 2.12. The van der Waals surface area contributed by atoms with Crippen LogP contribution < -0.4 is 14.2 Å². The van der Waals surface area contributed by atoms with Crippen LogP contribution in [0.5, 0.6) is 17.2 Å². The Hall–Kier alpha value is -2.29. The molecule has 0 heterocycles. The standard InChI is InChI=1S/C18H18INO5/c1-3-24-14-6-4-5-13(9-14)20-10-12-7-15(19)18(16(8-12)23-2)25-11-17(21)22/h4-10H,3,11H2,1-2H3,(H,21,22). The van der Waals surface area contributed by atoms with Gasteiger partial charge < -0.3 is 19.3 Å². The molecule has 0 spiro atoms. The zero-order chi connectivity index (χ0) is 18.2. The Kier molecular flexibility index (Phi) is 7.05. The number of ether oxygens (including phenoxy) is 3. The zero-order valence-electron chi connectivity index (χ0n) is 13.9. The van der Waals surface area contributed by atoms with Crippen molar-refractivity contribution in [2.24, 2.45) is 4.99 Å². The van der Waals surface area contributed by atoms with E-state index in [9.17, 15) is 4.79 Å². The Balaban J connectivity index is 2.23. The topological polar surface area (TPSA) is 77.4 Å². The van der Waals surface area contributed by atoms with Gasteiger partial charge in [0.05, 0.1) is 23.0 Å². The molecule has 2 aromatic carbocycles. The minimum atomic E-state index is -1.04. The van der Waals surface area contributed by atoms with E-state index >= 15 is 0 Å². The highest BCUT2D eigenvalue weighted by molar-refractivity contribution is 14.1. The van der Waals surface area contributed by atoms with E-state index in [1.165, 1.54) is 7.11 Å². The lowest BCUT2D eigenvalue weighted by Gasteiger charge is -2.12. The Morgan fingerprint density at radius 2 is 2.08 bits per heavy atom. The Bertz CT molecular complexity index is 776. The predicted molar refractivity (Wildman–Crippen MR) is 104 cm³/mol. The lowest BCUT2D eigenvalue weighted by atomic mass is 10.2. The van der Waals surface area contributed by atoms with E-state index < -0.39 is 12.6 Å². The molecule has 2 aromatic rings. The molecule has 0 atom stereocenters. The molecule has 0 saturated carbocycles. The first kappa shape index (κ1) is 19.0. The quantitative estimate of drug-likeness (QED) is 0.483. The van der Waals surface area contributed by atoms with Crippen molar-refractivity contribution in [2.45, 2.75) is 6.92 Å². The number of hydrogen-bond donors (Lipinski definition) is 1. The van der Waals surface area contributed by atoms with E-state index in [0.29, 0.717) is 18.1 Å². The van der Waals surface area contributed by atoms with Gasteiger partial charge in [-0.1, -0.05) is 6.07 Å². The molecule has 0 aliphatic heterocycles. The van der Waals surface area contributed by atoms with Crippen LogP contribution in [0.4, 0.5) is 5.69 Å². The number of carboxylic acids is 1. The lowest BCUT2D eigenvalue weighted by Crippen LogP contribution is -2.11. The normalized spacial score (nSPS) is 10.7. The van der Waals surface area contributed by atoms with Crippen LogP contribution in [-0.4, -0.2) is 37.6 Å². The third kappa shape index (κ3) is 5.63. The van der Waals surface area contributed by atoms with Crippen molar-refractivity contribution in [1.29, 1.82) is 0 Å². The molecule has 0 aromatic heterocycles. The molecule has 0 amide bonds. The van der Waals surface area contributed by atoms with Crippen LogP contribution in [0.1, 0.15) is 12.5 Å². The molecule has 7 heteroatoms. The van der Waals surface area contributed by atoms with Crippen LogP contribution in [0, 0.1) is 3.57 Å². The monoisotopic (exact) mass is 455 g/mol. The molecule has 132 valence electrons. The molecule has 0 fully saturated rings. The molecule has 0 saturated heterocycles. The summed E-state index contributed by atoms with van der Waals surface area (Å²) in [5, 5.41) is 8.76. The van der Waals surface area contributed by atoms with Gasteiger partial charge >= 0.3 is 5.97 Å². The van der Waals surface area contributed by atoms with Crippen molar-refractivity contribution in [3.63, 3.8) is 0 Å². The number of nitrogens with zero attached hydrogens (tertiary/aromatic N) is 1. The zero-order valence-corrected chi connectivity index (χ0v) is 16.0. The third-order valence-electron chi connectivity index (χ3n) is 3.08. The third-order valence-corrected chi connectivity index (χ3v) is 3.88. The number of methoxy groups -OCH3 is 1. The molecule has 0 bridgehead atoms. The molecule has 0 aliphatic rings. The number of hydrogen-bond acceptors (Lipinski definition) is 5. The van der Waals surface area contributed by atoms with E-state index in [1.807, 2.05) is 37.3 Å². The largest absolute Gasteiger partial charge is 0.494 e. The maximum absolute atomic E-state index is 10.7. The summed E-state index contributed by atoms with van der Waals surface area (Å²) in [5.74, 6) is 0.582. The number of carboxylic acid groups (broad SMARTS) is 1. The summed E-state index contributed by atoms with van der Waals surface area (Å²) in [6.45, 7) is 2.10. The summed E-state index contributed by atoms with van der Waals surface area (Å²) in [6, 6.07) is 11.1. The predicted octanol–water partition coefficient (Wildman–Crippen LogP) is 3.91. The molecule has 25 heavy (non-hydrogen) atoms. The van der Waals surface area contributed by atoms with Crippen LogP contribution in [-0.2, 0) is 4.79 Å². The molecule has 2 rings (SSSR count). The number of carbonyl (C=O) groups is 1. The van der Waals surface area contributed by atoms with Gasteiger partial charge in [-0.3, -0.25) is 4.99 Å². The Labute approximate surface area is 159 Å². The first-order valence-corrected chi connectivity index (χ1v) is 8.60. The SMILES string of the molecule is CCOc1cccc(N=Cc2cc(I)c(OCC(=O)O)c(OC)c2)c1. The van der Waals surface area contributed by atoms with Crippen molar-refractivity contribution in [3.05, 3.63) is 45.5 Å². The van der Waals surface area contributed by atoms with Crippen molar-refractivity contribution >= 4 is 40.5 Å². The summed E-state index contributed by atoms with van der Waals surface area (Å²) in [4.78, 5) is 15.1. The van der Waals surface area contributed by atoms with E-state index in [0.717, 1.165) is 20.6 Å². The van der Waals surface area contributed by atoms with Gasteiger partial charge in [-0.15, -0.1) is 0 Å². The number of aliphatic imine (C=N–C) groups is 1.